The summed E-state index contributed by atoms with van der Waals surface area (Å²) in [5.41, 5.74) is 8.34. The first-order chi connectivity index (χ1) is 10.9. The molecule has 1 aromatic heterocycles. The minimum Gasteiger partial charge on any atom is -0.399 e. The largest absolute Gasteiger partial charge is 0.399 e. The number of aromatic nitrogens is 1. The molecule has 0 saturated carbocycles. The molecule has 7 heteroatoms. The van der Waals surface area contributed by atoms with Gasteiger partial charge in [0.25, 0.3) is 10.0 Å². The van der Waals surface area contributed by atoms with Gasteiger partial charge in [0.1, 0.15) is 6.07 Å². The summed E-state index contributed by atoms with van der Waals surface area (Å²) < 4.78 is 27.6. The lowest BCUT2D eigenvalue weighted by molar-refractivity contribution is 0.601. The maximum atomic E-state index is 12.5. The Hall–Kier alpha value is -2.98. The van der Waals surface area contributed by atoms with E-state index in [1.807, 2.05) is 6.92 Å². The minimum atomic E-state index is -3.77. The van der Waals surface area contributed by atoms with Gasteiger partial charge in [0, 0.05) is 17.3 Å². The van der Waals surface area contributed by atoms with Crippen LogP contribution in [0.4, 0.5) is 11.4 Å². The molecular weight excluding hydrogens is 312 g/mol. The van der Waals surface area contributed by atoms with Crippen LogP contribution in [-0.4, -0.2) is 13.4 Å². The van der Waals surface area contributed by atoms with Crippen LogP contribution in [0.2, 0.25) is 0 Å². The molecule has 0 aliphatic carbocycles. The molecule has 0 radical (unpaired) electrons. The van der Waals surface area contributed by atoms with Crippen molar-refractivity contribution >= 4 is 32.3 Å². The van der Waals surface area contributed by atoms with Gasteiger partial charge in [0.15, 0.2) is 0 Å². The Bertz CT molecular complexity index is 1050. The van der Waals surface area contributed by atoms with Crippen molar-refractivity contribution < 1.29 is 8.42 Å². The number of benzene rings is 2. The zero-order chi connectivity index (χ0) is 16.6. The average molecular weight is 326 g/mol. The lowest BCUT2D eigenvalue weighted by Crippen LogP contribution is -2.13. The van der Waals surface area contributed by atoms with E-state index in [0.29, 0.717) is 27.8 Å². The topological polar surface area (TPSA) is 112 Å². The minimum absolute atomic E-state index is 0.0817. The van der Waals surface area contributed by atoms with Gasteiger partial charge in [-0.25, -0.2) is 8.42 Å². The quantitative estimate of drug-likeness (QED) is 0.642. The van der Waals surface area contributed by atoms with Gasteiger partial charge in [-0.2, -0.15) is 5.26 Å². The van der Waals surface area contributed by atoms with Crippen LogP contribution in [0.5, 0.6) is 0 Å². The number of hydrogen-bond acceptors (Lipinski definition) is 4. The number of aromatic amines is 1. The lowest BCUT2D eigenvalue weighted by atomic mass is 10.1. The van der Waals surface area contributed by atoms with Crippen molar-refractivity contribution in [3.63, 3.8) is 0 Å². The molecule has 0 aliphatic rings. The molecule has 0 spiro atoms. The van der Waals surface area contributed by atoms with Crippen LogP contribution in [0.3, 0.4) is 0 Å². The van der Waals surface area contributed by atoms with Crippen LogP contribution in [0.15, 0.2) is 47.5 Å². The van der Waals surface area contributed by atoms with Crippen LogP contribution in [0.1, 0.15) is 11.1 Å². The summed E-state index contributed by atoms with van der Waals surface area (Å²) in [5, 5.41) is 9.87. The maximum absolute atomic E-state index is 12.5. The predicted molar refractivity (Wildman–Crippen MR) is 89.4 cm³/mol. The molecule has 0 amide bonds. The van der Waals surface area contributed by atoms with E-state index in [2.05, 4.69) is 15.8 Å². The number of H-pyrrole nitrogens is 1. The SMILES string of the molecule is Cc1ccc(NS(=O)(=O)c2cccc(N)c2)c2[nH]cc(C#N)c12. The molecule has 6 nitrogen and oxygen atoms in total. The van der Waals surface area contributed by atoms with Crippen LogP contribution < -0.4 is 10.5 Å². The van der Waals surface area contributed by atoms with Crippen LogP contribution >= 0.6 is 0 Å². The van der Waals surface area contributed by atoms with Gasteiger partial charge in [0.05, 0.1) is 21.7 Å². The first kappa shape index (κ1) is 14.9. The number of sulfonamides is 1. The average Bonchev–Trinajstić information content (AvgIpc) is 2.95. The van der Waals surface area contributed by atoms with Gasteiger partial charge in [-0.1, -0.05) is 12.1 Å². The molecule has 0 fully saturated rings. The molecule has 3 aromatic rings. The first-order valence-corrected chi connectivity index (χ1v) is 8.30. The van der Waals surface area contributed by atoms with Gasteiger partial charge < -0.3 is 10.7 Å². The van der Waals surface area contributed by atoms with Crippen molar-refractivity contribution in [1.82, 2.24) is 4.98 Å². The van der Waals surface area contributed by atoms with Crippen molar-refractivity contribution in [2.24, 2.45) is 0 Å². The number of aryl methyl sites for hydroxylation is 1. The molecule has 0 atom stereocenters. The van der Waals surface area contributed by atoms with Gasteiger partial charge in [-0.3, -0.25) is 4.72 Å². The normalized spacial score (nSPS) is 11.3. The van der Waals surface area contributed by atoms with Gasteiger partial charge in [0.2, 0.25) is 0 Å². The summed E-state index contributed by atoms with van der Waals surface area (Å²) in [6, 6.07) is 11.6. The number of nitrogens with two attached hydrogens (primary N) is 1. The molecule has 2 aromatic carbocycles. The van der Waals surface area contributed by atoms with Crippen molar-refractivity contribution in [3.05, 3.63) is 53.7 Å². The number of nitrogens with zero attached hydrogens (tertiary/aromatic N) is 1. The molecule has 0 saturated heterocycles. The Morgan fingerprint density at radius 2 is 2.04 bits per heavy atom. The van der Waals surface area contributed by atoms with Crippen molar-refractivity contribution in [2.45, 2.75) is 11.8 Å². The number of nitrogen functional groups attached to an aromatic ring is 1. The zero-order valence-electron chi connectivity index (χ0n) is 12.3. The third kappa shape index (κ3) is 2.60. The second-order valence-corrected chi connectivity index (χ2v) is 6.85. The van der Waals surface area contributed by atoms with Crippen molar-refractivity contribution in [2.75, 3.05) is 10.5 Å². The number of hydrogen-bond donors (Lipinski definition) is 3. The maximum Gasteiger partial charge on any atom is 0.262 e. The Morgan fingerprint density at radius 1 is 1.26 bits per heavy atom. The number of rotatable bonds is 3. The van der Waals surface area contributed by atoms with E-state index in [1.165, 1.54) is 12.1 Å². The summed E-state index contributed by atoms with van der Waals surface area (Å²) in [4.78, 5) is 3.04. The summed E-state index contributed by atoms with van der Waals surface area (Å²) >= 11 is 0. The zero-order valence-corrected chi connectivity index (χ0v) is 13.1. The van der Waals surface area contributed by atoms with Crippen LogP contribution in [0, 0.1) is 18.3 Å². The Balaban J connectivity index is 2.11. The predicted octanol–water partition coefficient (Wildman–Crippen LogP) is 2.73. The van der Waals surface area contributed by atoms with Crippen molar-refractivity contribution in [1.29, 1.82) is 5.26 Å². The van der Waals surface area contributed by atoms with E-state index in [1.54, 1.807) is 30.5 Å². The Labute approximate surface area is 133 Å². The lowest BCUT2D eigenvalue weighted by Gasteiger charge is -2.10. The highest BCUT2D eigenvalue weighted by molar-refractivity contribution is 7.92. The second-order valence-electron chi connectivity index (χ2n) is 5.17. The van der Waals surface area contributed by atoms with E-state index in [9.17, 15) is 8.42 Å². The van der Waals surface area contributed by atoms with E-state index >= 15 is 0 Å². The number of nitriles is 1. The summed E-state index contributed by atoms with van der Waals surface area (Å²) in [5.74, 6) is 0. The molecule has 3 rings (SSSR count). The molecule has 0 bridgehead atoms. The standard InChI is InChI=1S/C16H14N4O2S/c1-10-5-6-14(16-15(10)11(8-17)9-19-16)20-23(21,22)13-4-2-3-12(18)7-13/h2-7,9,19-20H,18H2,1H3. The molecule has 116 valence electrons. The highest BCUT2D eigenvalue weighted by Gasteiger charge is 2.18. The molecule has 0 aliphatic heterocycles. The highest BCUT2D eigenvalue weighted by atomic mass is 32.2. The van der Waals surface area contributed by atoms with Gasteiger partial charge in [-0.05, 0) is 36.8 Å². The highest BCUT2D eigenvalue weighted by Crippen LogP contribution is 2.30. The summed E-state index contributed by atoms with van der Waals surface area (Å²) in [7, 11) is -3.77. The van der Waals surface area contributed by atoms with Crippen molar-refractivity contribution in [3.8, 4) is 6.07 Å². The summed E-state index contributed by atoms with van der Waals surface area (Å²) in [6.07, 6.45) is 1.57. The van der Waals surface area contributed by atoms with Gasteiger partial charge >= 0.3 is 0 Å². The molecule has 1 heterocycles. The molecule has 4 N–H and O–H groups in total. The van der Waals surface area contributed by atoms with E-state index in [-0.39, 0.29) is 4.90 Å². The third-order valence-corrected chi connectivity index (χ3v) is 4.94. The number of anilines is 2. The monoisotopic (exact) mass is 326 g/mol. The first-order valence-electron chi connectivity index (χ1n) is 6.81. The third-order valence-electron chi connectivity index (χ3n) is 3.58. The van der Waals surface area contributed by atoms with E-state index < -0.39 is 10.0 Å². The summed E-state index contributed by atoms with van der Waals surface area (Å²) in [6.45, 7) is 1.87. The van der Waals surface area contributed by atoms with Crippen LogP contribution in [0.25, 0.3) is 10.9 Å². The number of fused-ring (bicyclic) bond motifs is 1. The molecular formula is C16H14N4O2S. The Kier molecular flexibility index (Phi) is 3.47. The van der Waals surface area contributed by atoms with E-state index in [0.717, 1.165) is 5.56 Å². The fourth-order valence-corrected chi connectivity index (χ4v) is 3.61. The van der Waals surface area contributed by atoms with Crippen LogP contribution in [-0.2, 0) is 10.0 Å². The number of nitrogens with one attached hydrogen (secondary N) is 2. The smallest absolute Gasteiger partial charge is 0.262 e. The fourth-order valence-electron chi connectivity index (χ4n) is 2.48. The fraction of sp³-hybridized carbons (Fsp3) is 0.0625. The molecule has 0 unspecified atom stereocenters. The molecule has 23 heavy (non-hydrogen) atoms. The van der Waals surface area contributed by atoms with Gasteiger partial charge in [-0.15, -0.1) is 0 Å². The van der Waals surface area contributed by atoms with E-state index in [4.69, 9.17) is 11.0 Å². The second kappa shape index (κ2) is 5.34. The Morgan fingerprint density at radius 3 is 2.74 bits per heavy atom.